The Labute approximate surface area is 237 Å². The second kappa shape index (κ2) is 13.0. The lowest BCUT2D eigenvalue weighted by Gasteiger charge is -2.23. The molecule has 0 spiro atoms. The van der Waals surface area contributed by atoms with Gasteiger partial charge in [0, 0.05) is 23.4 Å². The van der Waals surface area contributed by atoms with Gasteiger partial charge in [0.1, 0.15) is 23.5 Å². The van der Waals surface area contributed by atoms with Gasteiger partial charge in [-0.05, 0) is 65.7 Å². The molecular weight excluding hydrogens is 530 g/mol. The fourth-order valence-electron chi connectivity index (χ4n) is 4.15. The average molecular weight is 561 g/mol. The van der Waals surface area contributed by atoms with Crippen LogP contribution in [-0.4, -0.2) is 26.0 Å². The number of hydrogen-bond donors (Lipinski definition) is 2. The van der Waals surface area contributed by atoms with Gasteiger partial charge in [-0.3, -0.25) is 4.79 Å². The Morgan fingerprint density at radius 3 is 1.63 bits per heavy atom. The molecular formula is C32H30F2N2O5. The summed E-state index contributed by atoms with van der Waals surface area (Å²) in [6, 6.07) is 20.6. The maximum atomic E-state index is 13.7. The van der Waals surface area contributed by atoms with Crippen molar-refractivity contribution >= 4 is 23.2 Å². The normalized spacial score (nSPS) is 10.8. The first-order valence-electron chi connectivity index (χ1n) is 12.8. The predicted octanol–water partition coefficient (Wildman–Crippen LogP) is 7.63. The summed E-state index contributed by atoms with van der Waals surface area (Å²) in [6.07, 6.45) is -0.762. The highest BCUT2D eigenvalue weighted by atomic mass is 19.1. The number of amides is 2. The number of nitrogens with one attached hydrogen (secondary N) is 2. The lowest BCUT2D eigenvalue weighted by Crippen LogP contribution is -2.20. The van der Waals surface area contributed by atoms with E-state index < -0.39 is 23.8 Å². The molecule has 0 saturated heterocycles. The standard InChI is InChI=1S/C32H30F2N2O5/c1-19(2)30(37)26-17-24(35-32(38)36-25-14-16-28(39-3)29(18-25)40-4)13-15-27(26)41-31(20-5-9-22(33)10-6-20)21-7-11-23(34)12-8-21/h5-19,31H,1-4H3,(H2,35,36,38). The van der Waals surface area contributed by atoms with E-state index in [0.717, 1.165) is 0 Å². The molecule has 4 rings (SSSR count). The number of halogens is 2. The minimum atomic E-state index is -0.762. The van der Waals surface area contributed by atoms with E-state index in [0.29, 0.717) is 34.0 Å². The first-order chi connectivity index (χ1) is 19.7. The lowest BCUT2D eigenvalue weighted by molar-refractivity contribution is 0.0933. The van der Waals surface area contributed by atoms with Crippen LogP contribution in [0.15, 0.2) is 84.9 Å². The van der Waals surface area contributed by atoms with Gasteiger partial charge in [-0.15, -0.1) is 0 Å². The van der Waals surface area contributed by atoms with Crippen LogP contribution in [0.4, 0.5) is 25.0 Å². The van der Waals surface area contributed by atoms with Gasteiger partial charge in [-0.2, -0.15) is 0 Å². The number of ether oxygens (including phenoxy) is 3. The molecule has 0 bridgehead atoms. The van der Waals surface area contributed by atoms with Crippen molar-refractivity contribution in [2.75, 3.05) is 24.9 Å². The van der Waals surface area contributed by atoms with Crippen molar-refractivity contribution in [3.8, 4) is 17.2 Å². The first-order valence-corrected chi connectivity index (χ1v) is 12.8. The maximum Gasteiger partial charge on any atom is 0.323 e. The molecule has 9 heteroatoms. The van der Waals surface area contributed by atoms with Crippen LogP contribution in [0.25, 0.3) is 0 Å². The zero-order chi connectivity index (χ0) is 29.5. The molecule has 0 aliphatic heterocycles. The smallest absolute Gasteiger partial charge is 0.323 e. The number of benzene rings is 4. The molecule has 2 N–H and O–H groups in total. The topological polar surface area (TPSA) is 85.9 Å². The molecule has 0 unspecified atom stereocenters. The number of methoxy groups -OCH3 is 2. The number of hydrogen-bond acceptors (Lipinski definition) is 5. The monoisotopic (exact) mass is 560 g/mol. The zero-order valence-corrected chi connectivity index (χ0v) is 23.0. The van der Waals surface area contributed by atoms with Gasteiger partial charge in [0.25, 0.3) is 0 Å². The third-order valence-corrected chi connectivity index (χ3v) is 6.26. The molecule has 0 atom stereocenters. The van der Waals surface area contributed by atoms with Gasteiger partial charge < -0.3 is 24.8 Å². The number of rotatable bonds is 10. The fraction of sp³-hybridized carbons (Fsp3) is 0.188. The average Bonchev–Trinajstić information content (AvgIpc) is 2.97. The number of urea groups is 1. The van der Waals surface area contributed by atoms with Gasteiger partial charge in [-0.25, -0.2) is 13.6 Å². The molecule has 7 nitrogen and oxygen atoms in total. The van der Waals surface area contributed by atoms with Crippen molar-refractivity contribution in [2.45, 2.75) is 20.0 Å². The van der Waals surface area contributed by atoms with Crippen LogP contribution < -0.4 is 24.8 Å². The van der Waals surface area contributed by atoms with Crippen LogP contribution in [0.2, 0.25) is 0 Å². The highest BCUT2D eigenvalue weighted by Crippen LogP contribution is 2.34. The molecule has 2 amide bonds. The molecule has 0 fully saturated rings. The van der Waals surface area contributed by atoms with E-state index in [1.54, 1.807) is 68.4 Å². The Bertz CT molecular complexity index is 1480. The number of carbonyl (C=O) groups is 2. The van der Waals surface area contributed by atoms with Gasteiger partial charge in [0.2, 0.25) is 0 Å². The van der Waals surface area contributed by atoms with Crippen LogP contribution in [0.1, 0.15) is 41.4 Å². The van der Waals surface area contributed by atoms with E-state index in [9.17, 15) is 18.4 Å². The summed E-state index contributed by atoms with van der Waals surface area (Å²) in [6.45, 7) is 3.51. The van der Waals surface area contributed by atoms with Crippen molar-refractivity contribution in [2.24, 2.45) is 5.92 Å². The van der Waals surface area contributed by atoms with Crippen LogP contribution in [-0.2, 0) is 0 Å². The highest BCUT2D eigenvalue weighted by molar-refractivity contribution is 6.03. The first kappa shape index (κ1) is 29.1. The Morgan fingerprint density at radius 1 is 0.659 bits per heavy atom. The molecule has 4 aromatic rings. The Hall–Kier alpha value is -4.92. The van der Waals surface area contributed by atoms with Crippen molar-refractivity contribution < 1.29 is 32.6 Å². The molecule has 0 aliphatic carbocycles. The third-order valence-electron chi connectivity index (χ3n) is 6.26. The minimum absolute atomic E-state index is 0.207. The van der Waals surface area contributed by atoms with Crippen LogP contribution in [0, 0.1) is 17.6 Å². The van der Waals surface area contributed by atoms with E-state index >= 15 is 0 Å². The van der Waals surface area contributed by atoms with Gasteiger partial charge in [0.05, 0.1) is 19.8 Å². The fourth-order valence-corrected chi connectivity index (χ4v) is 4.15. The number of anilines is 2. The van der Waals surface area contributed by atoms with Crippen LogP contribution >= 0.6 is 0 Å². The summed E-state index contributed by atoms with van der Waals surface area (Å²) in [7, 11) is 3.01. The molecule has 4 aromatic carbocycles. The van der Waals surface area contributed by atoms with Crippen molar-refractivity contribution in [3.05, 3.63) is 113 Å². The van der Waals surface area contributed by atoms with Crippen LogP contribution in [0.5, 0.6) is 17.2 Å². The maximum absolute atomic E-state index is 13.7. The summed E-state index contributed by atoms with van der Waals surface area (Å²) in [5.74, 6) is -0.176. The molecule has 0 radical (unpaired) electrons. The van der Waals surface area contributed by atoms with E-state index in [-0.39, 0.29) is 23.0 Å². The second-order valence-corrected chi connectivity index (χ2v) is 9.48. The lowest BCUT2D eigenvalue weighted by atomic mass is 9.98. The minimum Gasteiger partial charge on any atom is -0.493 e. The molecule has 41 heavy (non-hydrogen) atoms. The highest BCUT2D eigenvalue weighted by Gasteiger charge is 2.23. The third kappa shape index (κ3) is 7.19. The van der Waals surface area contributed by atoms with E-state index in [1.165, 1.54) is 44.6 Å². The summed E-state index contributed by atoms with van der Waals surface area (Å²) < 4.78 is 44.2. The van der Waals surface area contributed by atoms with E-state index in [1.807, 2.05) is 0 Å². The summed E-state index contributed by atoms with van der Waals surface area (Å²) in [5, 5.41) is 5.46. The van der Waals surface area contributed by atoms with E-state index in [2.05, 4.69) is 10.6 Å². The Morgan fingerprint density at radius 2 is 1.15 bits per heavy atom. The molecule has 0 aliphatic rings. The zero-order valence-electron chi connectivity index (χ0n) is 23.0. The summed E-state index contributed by atoms with van der Waals surface area (Å²) in [4.78, 5) is 26.0. The summed E-state index contributed by atoms with van der Waals surface area (Å²) in [5.41, 5.74) is 2.30. The number of ketones is 1. The van der Waals surface area contributed by atoms with E-state index in [4.69, 9.17) is 14.2 Å². The Balaban J connectivity index is 1.63. The molecule has 212 valence electrons. The van der Waals surface area contributed by atoms with Gasteiger partial charge in [-0.1, -0.05) is 38.1 Å². The summed E-state index contributed by atoms with van der Waals surface area (Å²) >= 11 is 0. The second-order valence-electron chi connectivity index (χ2n) is 9.48. The largest absolute Gasteiger partial charge is 0.493 e. The number of carbonyl (C=O) groups excluding carboxylic acids is 2. The van der Waals surface area contributed by atoms with Gasteiger partial charge in [0.15, 0.2) is 17.3 Å². The Kier molecular flexibility index (Phi) is 9.19. The van der Waals surface area contributed by atoms with Gasteiger partial charge >= 0.3 is 6.03 Å². The SMILES string of the molecule is COc1ccc(NC(=O)Nc2ccc(OC(c3ccc(F)cc3)c3ccc(F)cc3)c(C(=O)C(C)C)c2)cc1OC. The van der Waals surface area contributed by atoms with Crippen molar-refractivity contribution in [1.82, 2.24) is 0 Å². The van der Waals surface area contributed by atoms with Crippen molar-refractivity contribution in [1.29, 1.82) is 0 Å². The number of Topliss-reactive ketones (excluding diaryl/α,β-unsaturated/α-hetero) is 1. The molecule has 0 saturated carbocycles. The van der Waals surface area contributed by atoms with Crippen molar-refractivity contribution in [3.63, 3.8) is 0 Å². The predicted molar refractivity (Wildman–Crippen MR) is 153 cm³/mol. The quantitative estimate of drug-likeness (QED) is 0.195. The molecule has 0 heterocycles. The molecule has 0 aromatic heterocycles. The van der Waals surface area contributed by atoms with Crippen LogP contribution in [0.3, 0.4) is 0 Å².